The van der Waals surface area contributed by atoms with Gasteiger partial charge >= 0.3 is 0 Å². The predicted molar refractivity (Wildman–Crippen MR) is 95.5 cm³/mol. The van der Waals surface area contributed by atoms with Gasteiger partial charge in [-0.15, -0.1) is 0 Å². The molecule has 3 heterocycles. The van der Waals surface area contributed by atoms with E-state index in [1.807, 2.05) is 17.0 Å². The van der Waals surface area contributed by atoms with E-state index in [2.05, 4.69) is 20.1 Å². The molecule has 1 amide bonds. The number of aliphatic imine (C=N–C) groups is 1. The van der Waals surface area contributed by atoms with Crippen LogP contribution in [0.3, 0.4) is 0 Å². The minimum atomic E-state index is -0.507. The van der Waals surface area contributed by atoms with Crippen molar-refractivity contribution in [2.24, 2.45) is 16.6 Å². The summed E-state index contributed by atoms with van der Waals surface area (Å²) in [6.07, 6.45) is 10.7. The van der Waals surface area contributed by atoms with Crippen LogP contribution in [0.25, 0.3) is 0 Å². The molecule has 4 rings (SSSR count). The van der Waals surface area contributed by atoms with E-state index in [1.165, 1.54) is 6.20 Å². The molecule has 1 aliphatic heterocycles. The van der Waals surface area contributed by atoms with Crippen molar-refractivity contribution in [1.82, 2.24) is 19.7 Å². The molecule has 8 heteroatoms. The number of hydrogen-bond acceptors (Lipinski definition) is 6. The Bertz CT molecular complexity index is 797. The highest BCUT2D eigenvalue weighted by molar-refractivity contribution is 5.97. The van der Waals surface area contributed by atoms with Crippen LogP contribution in [0.1, 0.15) is 53.8 Å². The predicted octanol–water partition coefficient (Wildman–Crippen LogP) is 2.02. The number of ether oxygens (including phenoxy) is 1. The third-order valence-electron chi connectivity index (χ3n) is 5.20. The van der Waals surface area contributed by atoms with Crippen LogP contribution >= 0.6 is 0 Å². The summed E-state index contributed by atoms with van der Waals surface area (Å²) in [5.41, 5.74) is 5.88. The van der Waals surface area contributed by atoms with E-state index in [4.69, 9.17) is 10.5 Å². The first kappa shape index (κ1) is 16.8. The van der Waals surface area contributed by atoms with Gasteiger partial charge in [0.15, 0.2) is 5.82 Å². The molecule has 2 atom stereocenters. The SMILES string of the molecule is NC(=O)c1cnn(C2CCOCC2)c1/N=C/[C@H]1CC[C@H]1c1ncccn1. The van der Waals surface area contributed by atoms with Gasteiger partial charge in [-0.2, -0.15) is 5.10 Å². The number of carbonyl (C=O) groups is 1. The number of rotatable bonds is 5. The molecule has 26 heavy (non-hydrogen) atoms. The molecule has 0 spiro atoms. The Morgan fingerprint density at radius 2 is 2.00 bits per heavy atom. The van der Waals surface area contributed by atoms with Crippen LogP contribution in [0.4, 0.5) is 5.82 Å². The summed E-state index contributed by atoms with van der Waals surface area (Å²) in [7, 11) is 0. The van der Waals surface area contributed by atoms with Crippen molar-refractivity contribution < 1.29 is 9.53 Å². The van der Waals surface area contributed by atoms with Crippen molar-refractivity contribution in [3.63, 3.8) is 0 Å². The summed E-state index contributed by atoms with van der Waals surface area (Å²) in [6, 6.07) is 2.00. The molecule has 2 aromatic rings. The molecular formula is C18H22N6O2. The second-order valence-electron chi connectivity index (χ2n) is 6.77. The van der Waals surface area contributed by atoms with Crippen LogP contribution in [-0.2, 0) is 4.74 Å². The molecule has 8 nitrogen and oxygen atoms in total. The average molecular weight is 354 g/mol. The maximum atomic E-state index is 11.8. The molecule has 0 radical (unpaired) electrons. The lowest BCUT2D eigenvalue weighted by molar-refractivity contribution is 0.0667. The summed E-state index contributed by atoms with van der Waals surface area (Å²) in [4.78, 5) is 25.1. The number of amides is 1. The van der Waals surface area contributed by atoms with Gasteiger partial charge in [-0.1, -0.05) is 0 Å². The minimum absolute atomic E-state index is 0.179. The molecule has 2 aliphatic rings. The fourth-order valence-corrected chi connectivity index (χ4v) is 3.55. The second kappa shape index (κ2) is 7.33. The third kappa shape index (κ3) is 3.24. The summed E-state index contributed by atoms with van der Waals surface area (Å²) in [5.74, 6) is 1.42. The Labute approximate surface area is 151 Å². The third-order valence-corrected chi connectivity index (χ3v) is 5.20. The number of primary amides is 1. The second-order valence-corrected chi connectivity index (χ2v) is 6.77. The Morgan fingerprint density at radius 1 is 1.23 bits per heavy atom. The molecule has 0 aromatic carbocycles. The highest BCUT2D eigenvalue weighted by Crippen LogP contribution is 2.40. The lowest BCUT2D eigenvalue weighted by Gasteiger charge is -2.32. The van der Waals surface area contributed by atoms with Crippen LogP contribution in [0, 0.1) is 5.92 Å². The average Bonchev–Trinajstić information content (AvgIpc) is 3.07. The molecule has 0 unspecified atom stereocenters. The molecule has 1 saturated heterocycles. The zero-order valence-electron chi connectivity index (χ0n) is 14.5. The van der Waals surface area contributed by atoms with Crippen molar-refractivity contribution in [1.29, 1.82) is 0 Å². The first-order valence-electron chi connectivity index (χ1n) is 9.00. The van der Waals surface area contributed by atoms with E-state index in [0.29, 0.717) is 24.6 Å². The van der Waals surface area contributed by atoms with Crippen molar-refractivity contribution >= 4 is 17.9 Å². The number of nitrogens with two attached hydrogens (primary N) is 1. The first-order valence-corrected chi connectivity index (χ1v) is 9.00. The van der Waals surface area contributed by atoms with Crippen LogP contribution in [0.2, 0.25) is 0 Å². The largest absolute Gasteiger partial charge is 0.381 e. The Balaban J connectivity index is 1.57. The molecule has 2 fully saturated rings. The highest BCUT2D eigenvalue weighted by atomic mass is 16.5. The number of hydrogen-bond donors (Lipinski definition) is 1. The van der Waals surface area contributed by atoms with Crippen LogP contribution in [0.15, 0.2) is 29.6 Å². The number of aromatic nitrogens is 4. The van der Waals surface area contributed by atoms with Crippen LogP contribution < -0.4 is 5.73 Å². The van der Waals surface area contributed by atoms with Gasteiger partial charge in [0.05, 0.1) is 12.2 Å². The van der Waals surface area contributed by atoms with E-state index in [9.17, 15) is 4.79 Å². The van der Waals surface area contributed by atoms with Crippen molar-refractivity contribution in [3.8, 4) is 0 Å². The standard InChI is InChI=1S/C18H22N6O2/c19-16(25)15-11-23-24(13-4-8-26-9-5-13)18(15)22-10-12-2-3-14(12)17-20-6-1-7-21-17/h1,6-7,10-14H,2-5,8-9H2,(H2,19,25)/b22-10+/t12-,14-/m1/s1. The van der Waals surface area contributed by atoms with E-state index >= 15 is 0 Å². The van der Waals surface area contributed by atoms with Crippen molar-refractivity contribution in [3.05, 3.63) is 36.0 Å². The van der Waals surface area contributed by atoms with Gasteiger partial charge in [0, 0.05) is 43.7 Å². The lowest BCUT2D eigenvalue weighted by atomic mass is 9.74. The molecule has 2 N–H and O–H groups in total. The molecular weight excluding hydrogens is 332 g/mol. The monoisotopic (exact) mass is 354 g/mol. The van der Waals surface area contributed by atoms with Crippen molar-refractivity contribution in [2.75, 3.05) is 13.2 Å². The summed E-state index contributed by atoms with van der Waals surface area (Å²) in [5, 5.41) is 4.38. The maximum absolute atomic E-state index is 11.8. The fourth-order valence-electron chi connectivity index (χ4n) is 3.55. The van der Waals surface area contributed by atoms with Gasteiger partial charge in [-0.05, 0) is 31.7 Å². The van der Waals surface area contributed by atoms with E-state index in [1.54, 1.807) is 12.4 Å². The normalized spacial score (nSPS) is 23.8. The van der Waals surface area contributed by atoms with Gasteiger partial charge in [-0.3, -0.25) is 4.79 Å². The zero-order chi connectivity index (χ0) is 17.9. The summed E-state index contributed by atoms with van der Waals surface area (Å²) in [6.45, 7) is 1.38. The minimum Gasteiger partial charge on any atom is -0.381 e. The van der Waals surface area contributed by atoms with Crippen LogP contribution in [0.5, 0.6) is 0 Å². The zero-order valence-corrected chi connectivity index (χ0v) is 14.5. The Kier molecular flexibility index (Phi) is 4.75. The molecule has 136 valence electrons. The van der Waals surface area contributed by atoms with Gasteiger partial charge in [-0.25, -0.2) is 19.6 Å². The number of carbonyl (C=O) groups excluding carboxylic acids is 1. The van der Waals surface area contributed by atoms with E-state index in [0.717, 1.165) is 31.5 Å². The topological polar surface area (TPSA) is 108 Å². The highest BCUT2D eigenvalue weighted by Gasteiger charge is 2.33. The van der Waals surface area contributed by atoms with E-state index in [-0.39, 0.29) is 17.9 Å². The van der Waals surface area contributed by atoms with Gasteiger partial charge in [0.1, 0.15) is 11.4 Å². The van der Waals surface area contributed by atoms with Gasteiger partial charge in [0.25, 0.3) is 5.91 Å². The summed E-state index contributed by atoms with van der Waals surface area (Å²) < 4.78 is 7.24. The Morgan fingerprint density at radius 3 is 2.65 bits per heavy atom. The lowest BCUT2D eigenvalue weighted by Crippen LogP contribution is -2.27. The molecule has 2 aromatic heterocycles. The summed E-state index contributed by atoms with van der Waals surface area (Å²) >= 11 is 0. The molecule has 1 saturated carbocycles. The Hall–Kier alpha value is -2.61. The smallest absolute Gasteiger partial charge is 0.254 e. The fraction of sp³-hybridized carbons (Fsp3) is 0.500. The van der Waals surface area contributed by atoms with Crippen molar-refractivity contribution in [2.45, 2.75) is 37.6 Å². The van der Waals surface area contributed by atoms with Crippen LogP contribution in [-0.4, -0.2) is 45.1 Å². The molecule has 1 aliphatic carbocycles. The number of nitrogens with zero attached hydrogens (tertiary/aromatic N) is 5. The quantitative estimate of drug-likeness (QED) is 0.826. The van der Waals surface area contributed by atoms with E-state index < -0.39 is 5.91 Å². The van der Waals surface area contributed by atoms with Gasteiger partial charge in [0.2, 0.25) is 0 Å². The van der Waals surface area contributed by atoms with Gasteiger partial charge < -0.3 is 10.5 Å². The maximum Gasteiger partial charge on any atom is 0.254 e. The first-order chi connectivity index (χ1) is 12.7. The molecule has 0 bridgehead atoms.